The Balaban J connectivity index is 1.39. The van der Waals surface area contributed by atoms with Crippen LogP contribution < -0.4 is 20.7 Å². The summed E-state index contributed by atoms with van der Waals surface area (Å²) in [5.41, 5.74) is -3.29. The van der Waals surface area contributed by atoms with Crippen LogP contribution in [0.25, 0.3) is 0 Å². The van der Waals surface area contributed by atoms with Gasteiger partial charge in [-0.3, -0.25) is 19.1 Å². The van der Waals surface area contributed by atoms with Crippen molar-refractivity contribution in [3.05, 3.63) is 40.3 Å². The normalized spacial score (nSPS) is 32.6. The largest absolute Gasteiger partial charge is 0.413 e. The number of nitrogens with zero attached hydrogens (tertiary/aromatic N) is 6. The summed E-state index contributed by atoms with van der Waals surface area (Å²) in [6.07, 6.45) is -3.44. The molecule has 10 nitrogen and oxygen atoms in total. The monoisotopic (exact) mass is 491 g/mol. The van der Waals surface area contributed by atoms with Crippen molar-refractivity contribution < 1.29 is 22.7 Å². The molecule has 2 aromatic rings. The van der Waals surface area contributed by atoms with Gasteiger partial charge in [0, 0.05) is 31.4 Å². The van der Waals surface area contributed by atoms with Gasteiger partial charge in [-0.1, -0.05) is 0 Å². The first-order valence-corrected chi connectivity index (χ1v) is 11.3. The molecule has 186 valence electrons. The molecule has 4 aliphatic heterocycles. The lowest BCUT2D eigenvalue weighted by molar-refractivity contribution is -0.181. The number of hydrogen-bond donors (Lipinski definition) is 1. The number of carbonyl (C=O) groups excluding carboxylic acids is 1. The first kappa shape index (κ1) is 22.3. The fourth-order valence-electron chi connectivity index (χ4n) is 5.68. The van der Waals surface area contributed by atoms with Gasteiger partial charge in [0.1, 0.15) is 30.1 Å². The molecule has 0 saturated carbocycles. The quantitative estimate of drug-likeness (QED) is 0.490. The van der Waals surface area contributed by atoms with E-state index in [-0.39, 0.29) is 29.3 Å². The molecule has 0 aliphatic carbocycles. The summed E-state index contributed by atoms with van der Waals surface area (Å²) in [6.45, 7) is 2.90. The van der Waals surface area contributed by atoms with Crippen LogP contribution in [-0.2, 0) is 11.3 Å². The summed E-state index contributed by atoms with van der Waals surface area (Å²) >= 11 is 0. The van der Waals surface area contributed by atoms with Gasteiger partial charge in [0.05, 0.1) is 19.1 Å². The van der Waals surface area contributed by atoms with Crippen LogP contribution in [0, 0.1) is 0 Å². The third kappa shape index (κ3) is 2.84. The van der Waals surface area contributed by atoms with Gasteiger partial charge in [-0.25, -0.2) is 4.98 Å². The Hall–Kier alpha value is -3.19. The third-order valence-electron chi connectivity index (χ3n) is 7.77. The number of Topliss-reactive ketones (excluding diaryl/α,β-unsaturated/α-hetero) is 1. The molecule has 3 fully saturated rings. The second-order valence-electron chi connectivity index (χ2n) is 9.71. The molecule has 3 unspecified atom stereocenters. The van der Waals surface area contributed by atoms with Crippen LogP contribution in [0.4, 0.5) is 30.8 Å². The van der Waals surface area contributed by atoms with Crippen molar-refractivity contribution in [1.29, 1.82) is 0 Å². The molecular formula is C22H24F3N7O3. The van der Waals surface area contributed by atoms with E-state index in [9.17, 15) is 22.8 Å². The van der Waals surface area contributed by atoms with Gasteiger partial charge >= 0.3 is 6.18 Å². The Morgan fingerprint density at radius 2 is 2.09 bits per heavy atom. The van der Waals surface area contributed by atoms with Crippen molar-refractivity contribution in [3.63, 3.8) is 0 Å². The molecule has 1 N–H and O–H groups in total. The number of pyridine rings is 1. The van der Waals surface area contributed by atoms with E-state index in [1.165, 1.54) is 18.3 Å². The maximum absolute atomic E-state index is 14.3. The topological polar surface area (TPSA) is 95.6 Å². The molecule has 1 spiro atoms. The van der Waals surface area contributed by atoms with E-state index in [1.807, 2.05) is 11.8 Å². The number of rotatable bonds is 5. The summed E-state index contributed by atoms with van der Waals surface area (Å²) in [5.74, 6) is 0.0928. The lowest BCUT2D eigenvalue weighted by Gasteiger charge is -2.51. The van der Waals surface area contributed by atoms with Gasteiger partial charge in [-0.05, 0) is 26.0 Å². The maximum Gasteiger partial charge on any atom is 0.413 e. The zero-order valence-corrected chi connectivity index (χ0v) is 19.3. The lowest BCUT2D eigenvalue weighted by Crippen LogP contribution is -2.70. The van der Waals surface area contributed by atoms with Gasteiger partial charge in [-0.15, -0.1) is 0 Å². The second kappa shape index (κ2) is 6.94. The highest BCUT2D eigenvalue weighted by Gasteiger charge is 2.76. The lowest BCUT2D eigenvalue weighted by atomic mass is 9.90. The SMILES string of the molecule is CNc1ccc(C(=O)CN2c3nc(N4C(C)[C@H]5OCN6CC564)cc(=O)n3C[C@@]2(C)C(F)(F)F)cn1. The van der Waals surface area contributed by atoms with Crippen LogP contribution in [0.3, 0.4) is 0 Å². The van der Waals surface area contributed by atoms with E-state index in [4.69, 9.17) is 4.74 Å². The first-order valence-electron chi connectivity index (χ1n) is 11.3. The number of ether oxygens (including phenoxy) is 1. The Kier molecular flexibility index (Phi) is 4.42. The van der Waals surface area contributed by atoms with Crippen LogP contribution in [-0.4, -0.2) is 81.6 Å². The highest BCUT2D eigenvalue weighted by atomic mass is 19.4. The number of ketones is 1. The summed E-state index contributed by atoms with van der Waals surface area (Å²) in [7, 11) is 1.67. The van der Waals surface area contributed by atoms with Gasteiger partial charge in [-0.2, -0.15) is 18.2 Å². The van der Waals surface area contributed by atoms with Crippen molar-refractivity contribution in [1.82, 2.24) is 19.4 Å². The third-order valence-corrected chi connectivity index (χ3v) is 7.77. The van der Waals surface area contributed by atoms with Crippen molar-refractivity contribution in [3.8, 4) is 0 Å². The van der Waals surface area contributed by atoms with E-state index >= 15 is 0 Å². The van der Waals surface area contributed by atoms with E-state index < -0.39 is 36.1 Å². The molecule has 6 heterocycles. The Morgan fingerprint density at radius 3 is 2.71 bits per heavy atom. The minimum absolute atomic E-state index is 0.0356. The maximum atomic E-state index is 14.3. The molecule has 0 amide bonds. The zero-order chi connectivity index (χ0) is 24.9. The molecule has 13 heteroatoms. The average molecular weight is 491 g/mol. The van der Waals surface area contributed by atoms with Crippen LogP contribution >= 0.6 is 0 Å². The van der Waals surface area contributed by atoms with Gasteiger partial charge in [0.25, 0.3) is 5.56 Å². The fraction of sp³-hybridized carbons (Fsp3) is 0.545. The van der Waals surface area contributed by atoms with Crippen LogP contribution in [0.5, 0.6) is 0 Å². The van der Waals surface area contributed by atoms with Crippen molar-refractivity contribution in [2.45, 2.75) is 49.9 Å². The summed E-state index contributed by atoms with van der Waals surface area (Å²) in [6, 6.07) is 4.27. The van der Waals surface area contributed by atoms with Gasteiger partial charge in [0.2, 0.25) is 5.95 Å². The number of alkyl halides is 3. The molecule has 3 saturated heterocycles. The van der Waals surface area contributed by atoms with Crippen molar-refractivity contribution in [2.75, 3.05) is 42.0 Å². The molecule has 0 bridgehead atoms. The second-order valence-corrected chi connectivity index (χ2v) is 9.71. The van der Waals surface area contributed by atoms with Crippen LogP contribution in [0.2, 0.25) is 0 Å². The molecule has 0 aromatic carbocycles. The molecule has 6 rings (SSSR count). The molecule has 5 atom stereocenters. The van der Waals surface area contributed by atoms with Gasteiger partial charge < -0.3 is 19.9 Å². The molecular weight excluding hydrogens is 467 g/mol. The molecule has 2 aromatic heterocycles. The molecule has 4 aliphatic rings. The molecule has 0 radical (unpaired) electrons. The van der Waals surface area contributed by atoms with Crippen LogP contribution in [0.1, 0.15) is 24.2 Å². The standard InChI is InChI=1S/C22H24F3N7O3/c1-12-18-21(10-29(21)11-35-18)32(12)16-6-17(34)30-9-20(2,22(23,24)25)31(19(30)28-16)8-14(33)13-4-5-15(26-3)27-7-13/h4-7,12,18H,8-11H2,1-3H3,(H,26,27)/t12?,18-,20+,21?,29?/m1/s1. The predicted octanol–water partition coefficient (Wildman–Crippen LogP) is 1.28. The highest BCUT2D eigenvalue weighted by molar-refractivity contribution is 5.99. The Labute approximate surface area is 198 Å². The molecule has 35 heavy (non-hydrogen) atoms. The number of hydrogen-bond acceptors (Lipinski definition) is 9. The van der Waals surface area contributed by atoms with Gasteiger partial charge in [0.15, 0.2) is 11.3 Å². The number of anilines is 3. The summed E-state index contributed by atoms with van der Waals surface area (Å²) in [5, 5.41) is 2.83. The van der Waals surface area contributed by atoms with Crippen molar-refractivity contribution in [2.24, 2.45) is 0 Å². The van der Waals surface area contributed by atoms with E-state index in [2.05, 4.69) is 20.2 Å². The predicted molar refractivity (Wildman–Crippen MR) is 120 cm³/mol. The van der Waals surface area contributed by atoms with E-state index in [0.717, 1.165) is 22.9 Å². The Morgan fingerprint density at radius 1 is 1.31 bits per heavy atom. The number of halogens is 3. The van der Waals surface area contributed by atoms with Crippen LogP contribution in [0.15, 0.2) is 29.2 Å². The first-order chi connectivity index (χ1) is 16.5. The number of carbonyl (C=O) groups is 1. The van der Waals surface area contributed by atoms with Crippen molar-refractivity contribution >= 4 is 23.4 Å². The number of nitrogens with one attached hydrogen (secondary N) is 1. The van der Waals surface area contributed by atoms with E-state index in [0.29, 0.717) is 18.4 Å². The minimum Gasteiger partial charge on any atom is -0.373 e. The number of aromatic nitrogens is 3. The fourth-order valence-corrected chi connectivity index (χ4v) is 5.68. The smallest absolute Gasteiger partial charge is 0.373 e. The van der Waals surface area contributed by atoms with E-state index in [1.54, 1.807) is 13.1 Å². The summed E-state index contributed by atoms with van der Waals surface area (Å²) in [4.78, 5) is 39.6. The summed E-state index contributed by atoms with van der Waals surface area (Å²) < 4.78 is 49.8. The minimum atomic E-state index is -4.72. The zero-order valence-electron chi connectivity index (χ0n) is 19.3. The average Bonchev–Trinajstić information content (AvgIpc) is 3.35. The highest BCUT2D eigenvalue weighted by Crippen LogP contribution is 2.57. The Bertz CT molecular complexity index is 1280. The number of fused-ring (bicyclic) bond motifs is 1.